The van der Waals surface area contributed by atoms with Crippen molar-refractivity contribution in [2.75, 3.05) is 7.11 Å². The number of methoxy groups -OCH3 is 1. The first-order valence-corrected chi connectivity index (χ1v) is 6.56. The lowest BCUT2D eigenvalue weighted by Crippen LogP contribution is -1.81. The molecule has 1 heterocycles. The molecular weight excluding hydrogens is 242 g/mol. The second-order valence-corrected chi connectivity index (χ2v) is 5.11. The molecule has 3 rings (SSSR count). The summed E-state index contributed by atoms with van der Waals surface area (Å²) in [5.74, 6) is 0.885. The predicted molar refractivity (Wildman–Crippen MR) is 75.4 cm³/mol. The fraction of sp³-hybridized carbons (Fsp3) is 0.0667. The van der Waals surface area contributed by atoms with E-state index >= 15 is 0 Å². The molecule has 0 aliphatic heterocycles. The minimum atomic E-state index is 0.885. The van der Waals surface area contributed by atoms with Gasteiger partial charge in [0.25, 0.3) is 0 Å². The number of H-pyrrole nitrogens is 1. The van der Waals surface area contributed by atoms with Gasteiger partial charge in [-0.2, -0.15) is 0 Å². The second kappa shape index (κ2) is 4.78. The molecule has 0 atom stereocenters. The number of fused-ring (bicyclic) bond motifs is 1. The monoisotopic (exact) mass is 255 g/mol. The molecule has 2 nitrogen and oxygen atoms in total. The lowest BCUT2D eigenvalue weighted by molar-refractivity contribution is 0.414. The summed E-state index contributed by atoms with van der Waals surface area (Å²) in [6.45, 7) is 0. The number of rotatable bonds is 3. The van der Waals surface area contributed by atoms with Gasteiger partial charge < -0.3 is 9.72 Å². The van der Waals surface area contributed by atoms with Crippen LogP contribution in [-0.2, 0) is 0 Å². The van der Waals surface area contributed by atoms with Crippen LogP contribution >= 0.6 is 11.8 Å². The van der Waals surface area contributed by atoms with Crippen LogP contribution in [0.15, 0.2) is 64.5 Å². The van der Waals surface area contributed by atoms with Gasteiger partial charge in [-0.25, -0.2) is 0 Å². The molecule has 0 fully saturated rings. The summed E-state index contributed by atoms with van der Waals surface area (Å²) in [5, 5.41) is 2.40. The Morgan fingerprint density at radius 2 is 1.78 bits per heavy atom. The Kier molecular flexibility index (Phi) is 2.99. The Hall–Kier alpha value is -1.87. The molecule has 1 N–H and O–H groups in total. The molecule has 0 radical (unpaired) electrons. The van der Waals surface area contributed by atoms with Gasteiger partial charge in [-0.3, -0.25) is 0 Å². The number of aromatic amines is 1. The van der Waals surface area contributed by atoms with Gasteiger partial charge in [0.05, 0.1) is 12.1 Å². The van der Waals surface area contributed by atoms with E-state index in [9.17, 15) is 0 Å². The van der Waals surface area contributed by atoms with Gasteiger partial charge in [0, 0.05) is 15.8 Å². The molecule has 2 aromatic carbocycles. The zero-order chi connectivity index (χ0) is 12.4. The summed E-state index contributed by atoms with van der Waals surface area (Å²) in [5.41, 5.74) is 1.17. The highest BCUT2D eigenvalue weighted by Gasteiger charge is 2.02. The van der Waals surface area contributed by atoms with E-state index in [2.05, 4.69) is 41.4 Å². The van der Waals surface area contributed by atoms with Gasteiger partial charge >= 0.3 is 0 Å². The van der Waals surface area contributed by atoms with E-state index in [1.807, 2.05) is 18.2 Å². The molecule has 0 bridgehead atoms. The van der Waals surface area contributed by atoms with E-state index in [-0.39, 0.29) is 0 Å². The zero-order valence-corrected chi connectivity index (χ0v) is 10.8. The predicted octanol–water partition coefficient (Wildman–Crippen LogP) is 4.33. The highest BCUT2D eigenvalue weighted by atomic mass is 32.2. The largest absolute Gasteiger partial charge is 0.497 e. The van der Waals surface area contributed by atoms with E-state index in [0.29, 0.717) is 0 Å². The van der Waals surface area contributed by atoms with Gasteiger partial charge in [-0.05, 0) is 36.4 Å². The van der Waals surface area contributed by atoms with E-state index in [4.69, 9.17) is 4.74 Å². The number of nitrogens with one attached hydrogen (secondary N) is 1. The summed E-state index contributed by atoms with van der Waals surface area (Å²) < 4.78 is 5.15. The second-order valence-electron chi connectivity index (χ2n) is 4.00. The topological polar surface area (TPSA) is 25.0 Å². The molecule has 0 spiro atoms. The van der Waals surface area contributed by atoms with Gasteiger partial charge in [-0.1, -0.05) is 30.0 Å². The maximum absolute atomic E-state index is 5.15. The summed E-state index contributed by atoms with van der Waals surface area (Å²) in [4.78, 5) is 4.60. The Morgan fingerprint density at radius 1 is 1.00 bits per heavy atom. The Balaban J connectivity index is 1.86. The van der Waals surface area contributed by atoms with Crippen LogP contribution < -0.4 is 4.74 Å². The molecule has 18 heavy (non-hydrogen) atoms. The number of para-hydroxylation sites is 1. The first kappa shape index (κ1) is 11.2. The van der Waals surface area contributed by atoms with Gasteiger partial charge in [-0.15, -0.1) is 0 Å². The third-order valence-electron chi connectivity index (χ3n) is 2.79. The van der Waals surface area contributed by atoms with Crippen molar-refractivity contribution in [1.29, 1.82) is 0 Å². The molecule has 3 heteroatoms. The summed E-state index contributed by atoms with van der Waals surface area (Å²) >= 11 is 1.72. The van der Waals surface area contributed by atoms with Crippen LogP contribution in [-0.4, -0.2) is 12.1 Å². The van der Waals surface area contributed by atoms with Crippen LogP contribution in [0.3, 0.4) is 0 Å². The van der Waals surface area contributed by atoms with Crippen LogP contribution in [0.4, 0.5) is 0 Å². The quantitative estimate of drug-likeness (QED) is 0.753. The Morgan fingerprint density at radius 3 is 2.50 bits per heavy atom. The highest BCUT2D eigenvalue weighted by Crippen LogP contribution is 2.30. The molecular formula is C15H13NOS. The van der Waals surface area contributed by atoms with E-state index in [0.717, 1.165) is 10.8 Å². The maximum Gasteiger partial charge on any atom is 0.118 e. The Bertz CT molecular complexity index is 625. The average molecular weight is 255 g/mol. The third kappa shape index (κ3) is 2.22. The van der Waals surface area contributed by atoms with Crippen molar-refractivity contribution in [3.8, 4) is 5.75 Å². The van der Waals surface area contributed by atoms with Crippen LogP contribution in [0.25, 0.3) is 10.9 Å². The SMILES string of the molecule is COc1ccc(Sc2cc3ccccc3[nH]2)cc1. The molecule has 0 saturated carbocycles. The summed E-state index contributed by atoms with van der Waals surface area (Å²) in [6, 6.07) is 18.6. The minimum absolute atomic E-state index is 0.885. The third-order valence-corrected chi connectivity index (χ3v) is 3.74. The van der Waals surface area contributed by atoms with Crippen molar-refractivity contribution < 1.29 is 4.74 Å². The van der Waals surface area contributed by atoms with Crippen LogP contribution in [0.2, 0.25) is 0 Å². The number of hydrogen-bond acceptors (Lipinski definition) is 2. The van der Waals surface area contributed by atoms with Gasteiger partial charge in [0.15, 0.2) is 0 Å². The molecule has 0 saturated heterocycles. The normalized spacial score (nSPS) is 10.7. The minimum Gasteiger partial charge on any atom is -0.497 e. The van der Waals surface area contributed by atoms with Crippen molar-refractivity contribution in [2.24, 2.45) is 0 Å². The molecule has 0 aliphatic rings. The van der Waals surface area contributed by atoms with Crippen LogP contribution in [0, 0.1) is 0 Å². The smallest absolute Gasteiger partial charge is 0.118 e. The van der Waals surface area contributed by atoms with E-state index in [1.165, 1.54) is 15.8 Å². The van der Waals surface area contributed by atoms with Crippen molar-refractivity contribution in [2.45, 2.75) is 9.92 Å². The van der Waals surface area contributed by atoms with Crippen LogP contribution in [0.5, 0.6) is 5.75 Å². The molecule has 90 valence electrons. The van der Waals surface area contributed by atoms with Crippen molar-refractivity contribution in [1.82, 2.24) is 4.98 Å². The number of hydrogen-bond donors (Lipinski definition) is 1. The first-order valence-electron chi connectivity index (χ1n) is 5.75. The molecule has 3 aromatic rings. The zero-order valence-electron chi connectivity index (χ0n) is 10.0. The fourth-order valence-electron chi connectivity index (χ4n) is 1.87. The van der Waals surface area contributed by atoms with Crippen molar-refractivity contribution in [3.63, 3.8) is 0 Å². The Labute approximate surface area is 110 Å². The van der Waals surface area contributed by atoms with Crippen LogP contribution in [0.1, 0.15) is 0 Å². The summed E-state index contributed by atoms with van der Waals surface area (Å²) in [6.07, 6.45) is 0. The molecule has 0 unspecified atom stereocenters. The lowest BCUT2D eigenvalue weighted by atomic mass is 10.3. The van der Waals surface area contributed by atoms with Gasteiger partial charge in [0.1, 0.15) is 5.75 Å². The molecule has 0 amide bonds. The molecule has 0 aliphatic carbocycles. The number of benzene rings is 2. The highest BCUT2D eigenvalue weighted by molar-refractivity contribution is 7.99. The van der Waals surface area contributed by atoms with E-state index < -0.39 is 0 Å². The molecule has 1 aromatic heterocycles. The first-order chi connectivity index (χ1) is 8.85. The van der Waals surface area contributed by atoms with E-state index in [1.54, 1.807) is 18.9 Å². The van der Waals surface area contributed by atoms with Crippen molar-refractivity contribution >= 4 is 22.7 Å². The number of ether oxygens (including phenoxy) is 1. The standard InChI is InChI=1S/C15H13NOS/c1-17-12-6-8-13(9-7-12)18-15-10-11-4-2-3-5-14(11)16-15/h2-10,16H,1H3. The van der Waals surface area contributed by atoms with Gasteiger partial charge in [0.2, 0.25) is 0 Å². The van der Waals surface area contributed by atoms with Crippen molar-refractivity contribution in [3.05, 3.63) is 54.6 Å². The maximum atomic E-state index is 5.15. The fourth-order valence-corrected chi connectivity index (χ4v) is 2.75. The summed E-state index contributed by atoms with van der Waals surface area (Å²) in [7, 11) is 1.68. The lowest BCUT2D eigenvalue weighted by Gasteiger charge is -2.01. The average Bonchev–Trinajstić information content (AvgIpc) is 2.82. The number of aromatic nitrogens is 1.